The molecule has 0 aliphatic rings. The number of carbonyl (C=O) groups excluding carboxylic acids is 1. The van der Waals surface area contributed by atoms with Crippen molar-refractivity contribution in [3.05, 3.63) is 29.6 Å². The van der Waals surface area contributed by atoms with Gasteiger partial charge in [0.05, 0.1) is 19.2 Å². The average molecular weight is 198 g/mol. The zero-order valence-electron chi connectivity index (χ0n) is 7.71. The molecule has 14 heavy (non-hydrogen) atoms. The summed E-state index contributed by atoms with van der Waals surface area (Å²) in [5, 5.41) is 0. The normalized spacial score (nSPS) is 9.64. The van der Waals surface area contributed by atoms with Crippen LogP contribution in [0.2, 0.25) is 0 Å². The van der Waals surface area contributed by atoms with Crippen LogP contribution in [0.25, 0.3) is 0 Å². The minimum Gasteiger partial charge on any atom is -0.469 e. The number of methoxy groups -OCH3 is 1. The number of rotatable bonds is 3. The van der Waals surface area contributed by atoms with Gasteiger partial charge in [-0.2, -0.15) is 0 Å². The minimum absolute atomic E-state index is 0.136. The second kappa shape index (κ2) is 4.57. The van der Waals surface area contributed by atoms with Crippen molar-refractivity contribution in [1.29, 1.82) is 0 Å². The van der Waals surface area contributed by atoms with Gasteiger partial charge < -0.3 is 10.2 Å². The molecule has 0 amide bonds. The van der Waals surface area contributed by atoms with Crippen LogP contribution >= 0.6 is 0 Å². The second-order valence-corrected chi connectivity index (χ2v) is 2.66. The lowest BCUT2D eigenvalue weighted by atomic mass is 10.1. The van der Waals surface area contributed by atoms with Gasteiger partial charge in [-0.3, -0.25) is 10.6 Å². The maximum absolute atomic E-state index is 13.2. The summed E-state index contributed by atoms with van der Waals surface area (Å²) in [4.78, 5) is 10.9. The maximum atomic E-state index is 13.2. The molecule has 5 heteroatoms. The van der Waals surface area contributed by atoms with E-state index in [0.29, 0.717) is 5.69 Å². The van der Waals surface area contributed by atoms with E-state index in [1.165, 1.54) is 19.2 Å². The summed E-state index contributed by atoms with van der Waals surface area (Å²) in [5.41, 5.74) is 2.91. The summed E-state index contributed by atoms with van der Waals surface area (Å²) in [6, 6.07) is 4.35. The monoisotopic (exact) mass is 198 g/mol. The topological polar surface area (TPSA) is 64.3 Å². The predicted octanol–water partition coefficient (Wildman–Crippen LogP) is 0.827. The predicted molar refractivity (Wildman–Crippen MR) is 49.9 cm³/mol. The highest BCUT2D eigenvalue weighted by Gasteiger charge is 2.12. The number of hydrazine groups is 1. The first-order valence-electron chi connectivity index (χ1n) is 4.00. The van der Waals surface area contributed by atoms with Crippen LogP contribution in [0.4, 0.5) is 10.1 Å². The highest BCUT2D eigenvalue weighted by atomic mass is 19.1. The van der Waals surface area contributed by atoms with Gasteiger partial charge >= 0.3 is 5.97 Å². The molecule has 1 rings (SSSR count). The van der Waals surface area contributed by atoms with E-state index in [4.69, 9.17) is 5.84 Å². The number of nitrogen functional groups attached to an aromatic ring is 1. The first-order valence-corrected chi connectivity index (χ1v) is 4.00. The first kappa shape index (κ1) is 10.5. The molecule has 0 unspecified atom stereocenters. The summed E-state index contributed by atoms with van der Waals surface area (Å²) in [5.74, 6) is 4.18. The molecule has 1 aromatic carbocycles. The minimum atomic E-state index is -0.508. The fourth-order valence-corrected chi connectivity index (χ4v) is 1.09. The molecule has 1 aromatic rings. The zero-order chi connectivity index (χ0) is 10.6. The van der Waals surface area contributed by atoms with Gasteiger partial charge in [-0.05, 0) is 12.1 Å². The van der Waals surface area contributed by atoms with Crippen LogP contribution in [-0.2, 0) is 16.0 Å². The molecule has 0 radical (unpaired) electrons. The number of anilines is 1. The van der Waals surface area contributed by atoms with Crippen molar-refractivity contribution in [2.45, 2.75) is 6.42 Å². The molecular weight excluding hydrogens is 187 g/mol. The summed E-state index contributed by atoms with van der Waals surface area (Å²) in [6.07, 6.45) is -0.136. The number of esters is 1. The van der Waals surface area contributed by atoms with Gasteiger partial charge in [-0.15, -0.1) is 0 Å². The number of hydrogen-bond donors (Lipinski definition) is 2. The van der Waals surface area contributed by atoms with Gasteiger partial charge in [0.15, 0.2) is 0 Å². The fourth-order valence-electron chi connectivity index (χ4n) is 1.09. The van der Waals surface area contributed by atoms with Crippen molar-refractivity contribution in [3.8, 4) is 0 Å². The van der Waals surface area contributed by atoms with Crippen molar-refractivity contribution < 1.29 is 13.9 Å². The number of nitrogens with two attached hydrogens (primary N) is 1. The van der Waals surface area contributed by atoms with E-state index >= 15 is 0 Å². The Morgan fingerprint density at radius 1 is 1.64 bits per heavy atom. The zero-order valence-corrected chi connectivity index (χ0v) is 7.71. The molecule has 4 nitrogen and oxygen atoms in total. The van der Waals surface area contributed by atoms with Gasteiger partial charge in [0.1, 0.15) is 5.82 Å². The third-order valence-electron chi connectivity index (χ3n) is 1.82. The molecule has 0 bridgehead atoms. The Morgan fingerprint density at radius 2 is 2.36 bits per heavy atom. The first-order chi connectivity index (χ1) is 6.69. The van der Waals surface area contributed by atoms with E-state index < -0.39 is 11.8 Å². The molecule has 0 saturated carbocycles. The average Bonchev–Trinajstić information content (AvgIpc) is 2.20. The lowest BCUT2D eigenvalue weighted by Crippen LogP contribution is -2.13. The number of carbonyl (C=O) groups is 1. The molecule has 0 aliphatic carbocycles. The van der Waals surface area contributed by atoms with E-state index in [-0.39, 0.29) is 12.0 Å². The third-order valence-corrected chi connectivity index (χ3v) is 1.82. The van der Waals surface area contributed by atoms with Crippen LogP contribution in [0.1, 0.15) is 5.56 Å². The molecule has 0 fully saturated rings. The number of halogens is 1. The van der Waals surface area contributed by atoms with Gasteiger partial charge in [-0.1, -0.05) is 6.07 Å². The molecule has 0 spiro atoms. The van der Waals surface area contributed by atoms with Crippen LogP contribution < -0.4 is 11.3 Å². The molecule has 0 aromatic heterocycles. The highest BCUT2D eigenvalue weighted by molar-refractivity contribution is 5.75. The van der Waals surface area contributed by atoms with Crippen molar-refractivity contribution in [1.82, 2.24) is 0 Å². The van der Waals surface area contributed by atoms with Crippen LogP contribution in [0, 0.1) is 5.82 Å². The standard InChI is InChI=1S/C9H11FN2O2/c1-14-9(13)5-6-7(10)3-2-4-8(6)12-11/h2-4,12H,5,11H2,1H3. The van der Waals surface area contributed by atoms with Gasteiger partial charge in [-0.25, -0.2) is 4.39 Å². The van der Waals surface area contributed by atoms with Crippen molar-refractivity contribution >= 4 is 11.7 Å². The smallest absolute Gasteiger partial charge is 0.310 e. The van der Waals surface area contributed by atoms with Crippen LogP contribution in [0.15, 0.2) is 18.2 Å². The van der Waals surface area contributed by atoms with E-state index in [2.05, 4.69) is 10.2 Å². The lowest BCUT2D eigenvalue weighted by Gasteiger charge is -2.08. The Balaban J connectivity index is 2.98. The maximum Gasteiger partial charge on any atom is 0.310 e. The summed E-state index contributed by atoms with van der Waals surface area (Å²) in [6.45, 7) is 0. The Morgan fingerprint density at radius 3 is 2.93 bits per heavy atom. The third kappa shape index (κ3) is 2.20. The quantitative estimate of drug-likeness (QED) is 0.429. The summed E-state index contributed by atoms with van der Waals surface area (Å²) < 4.78 is 17.7. The molecule has 0 atom stereocenters. The molecule has 0 aliphatic heterocycles. The molecule has 0 saturated heterocycles. The molecule has 0 heterocycles. The Labute approximate surface area is 80.8 Å². The van der Waals surface area contributed by atoms with Crippen molar-refractivity contribution in [2.75, 3.05) is 12.5 Å². The van der Waals surface area contributed by atoms with Gasteiger partial charge in [0, 0.05) is 5.56 Å². The molecule has 76 valence electrons. The molecule has 3 N–H and O–H groups in total. The van der Waals surface area contributed by atoms with E-state index in [0.717, 1.165) is 0 Å². The van der Waals surface area contributed by atoms with Gasteiger partial charge in [0.25, 0.3) is 0 Å². The summed E-state index contributed by atoms with van der Waals surface area (Å²) in [7, 11) is 1.25. The highest BCUT2D eigenvalue weighted by Crippen LogP contribution is 2.18. The number of benzene rings is 1. The van der Waals surface area contributed by atoms with E-state index in [9.17, 15) is 9.18 Å². The summed E-state index contributed by atoms with van der Waals surface area (Å²) >= 11 is 0. The number of nitrogens with one attached hydrogen (secondary N) is 1. The van der Waals surface area contributed by atoms with Crippen molar-refractivity contribution in [2.24, 2.45) is 5.84 Å². The molecular formula is C9H11FN2O2. The number of hydrogen-bond acceptors (Lipinski definition) is 4. The van der Waals surface area contributed by atoms with Crippen LogP contribution in [-0.4, -0.2) is 13.1 Å². The Bertz CT molecular complexity index is 342. The largest absolute Gasteiger partial charge is 0.469 e. The fraction of sp³-hybridized carbons (Fsp3) is 0.222. The van der Waals surface area contributed by atoms with E-state index in [1.54, 1.807) is 6.07 Å². The Kier molecular flexibility index (Phi) is 3.41. The number of ether oxygens (including phenoxy) is 1. The van der Waals surface area contributed by atoms with E-state index in [1.807, 2.05) is 0 Å². The SMILES string of the molecule is COC(=O)Cc1c(F)cccc1NN. The van der Waals surface area contributed by atoms with Crippen molar-refractivity contribution in [3.63, 3.8) is 0 Å². The lowest BCUT2D eigenvalue weighted by molar-refractivity contribution is -0.139. The van der Waals surface area contributed by atoms with Crippen LogP contribution in [0.5, 0.6) is 0 Å². The Hall–Kier alpha value is -1.62. The second-order valence-electron chi connectivity index (χ2n) is 2.66. The van der Waals surface area contributed by atoms with Crippen LogP contribution in [0.3, 0.4) is 0 Å². The van der Waals surface area contributed by atoms with Gasteiger partial charge in [0.2, 0.25) is 0 Å².